The quantitative estimate of drug-likeness (QED) is 0.800. The third-order valence-corrected chi connectivity index (χ3v) is 4.19. The van der Waals surface area contributed by atoms with Crippen molar-refractivity contribution >= 4 is 29.9 Å². The molecule has 0 aromatic heterocycles. The smallest absolute Gasteiger partial charge is 0.221 e. The monoisotopic (exact) mass is 332 g/mol. The number of halogens is 2. The Bertz CT molecular complexity index is 428. The fourth-order valence-electron chi connectivity index (χ4n) is 2.45. The highest BCUT2D eigenvalue weighted by Crippen LogP contribution is 2.31. The van der Waals surface area contributed by atoms with Gasteiger partial charge >= 0.3 is 0 Å². The van der Waals surface area contributed by atoms with E-state index in [1.807, 2.05) is 31.2 Å². The molecule has 1 aromatic carbocycles. The van der Waals surface area contributed by atoms with Crippen LogP contribution < -0.4 is 11.1 Å². The Hall–Kier alpha value is -0.770. The Morgan fingerprint density at radius 1 is 1.29 bits per heavy atom. The average Bonchev–Trinajstić information content (AvgIpc) is 2.41. The zero-order chi connectivity index (χ0) is 15.2. The van der Waals surface area contributed by atoms with E-state index in [9.17, 15) is 4.79 Å². The van der Waals surface area contributed by atoms with Crippen LogP contribution in [0.1, 0.15) is 45.6 Å². The number of amides is 1. The van der Waals surface area contributed by atoms with Crippen molar-refractivity contribution in [2.24, 2.45) is 5.73 Å². The van der Waals surface area contributed by atoms with E-state index in [0.29, 0.717) is 13.0 Å². The van der Waals surface area contributed by atoms with Crippen LogP contribution in [0.15, 0.2) is 24.3 Å². The maximum atomic E-state index is 11.8. The van der Waals surface area contributed by atoms with Crippen molar-refractivity contribution in [2.45, 2.75) is 51.5 Å². The summed E-state index contributed by atoms with van der Waals surface area (Å²) in [6, 6.07) is 7.80. The van der Waals surface area contributed by atoms with Crippen LogP contribution in [-0.2, 0) is 10.2 Å². The molecule has 120 valence electrons. The molecule has 5 heteroatoms. The maximum absolute atomic E-state index is 11.8. The largest absolute Gasteiger partial charge is 0.355 e. The van der Waals surface area contributed by atoms with Crippen LogP contribution in [0.4, 0.5) is 0 Å². The van der Waals surface area contributed by atoms with E-state index >= 15 is 0 Å². The summed E-state index contributed by atoms with van der Waals surface area (Å²) < 4.78 is 0. The van der Waals surface area contributed by atoms with Crippen molar-refractivity contribution in [1.29, 1.82) is 0 Å². The molecule has 21 heavy (non-hydrogen) atoms. The molecule has 1 amide bonds. The molecule has 0 bridgehead atoms. The van der Waals surface area contributed by atoms with Crippen LogP contribution in [0.3, 0.4) is 0 Å². The number of carbonyl (C=O) groups excluding carboxylic acids is 1. The van der Waals surface area contributed by atoms with Gasteiger partial charge in [0.25, 0.3) is 0 Å². The van der Waals surface area contributed by atoms with Gasteiger partial charge in [0.1, 0.15) is 0 Å². The SMILES string of the molecule is CCC(CC)(CNC(=O)CC(C)N)c1ccc(Cl)cc1.Cl. The molecule has 0 spiro atoms. The predicted molar refractivity (Wildman–Crippen MR) is 92.2 cm³/mol. The molecule has 1 rings (SSSR count). The number of rotatable bonds is 7. The Morgan fingerprint density at radius 3 is 2.24 bits per heavy atom. The Balaban J connectivity index is 0.00000400. The van der Waals surface area contributed by atoms with Gasteiger partial charge < -0.3 is 11.1 Å². The first-order chi connectivity index (χ1) is 9.43. The molecule has 3 nitrogen and oxygen atoms in total. The standard InChI is InChI=1S/C16H25ClN2O.ClH/c1-4-16(5-2,11-19-15(20)10-12(3)18)13-6-8-14(17)9-7-13;/h6-9,12H,4-5,10-11,18H2,1-3H3,(H,19,20);1H. The van der Waals surface area contributed by atoms with Crippen LogP contribution in [0.2, 0.25) is 5.02 Å². The number of hydrogen-bond donors (Lipinski definition) is 2. The number of carbonyl (C=O) groups is 1. The molecule has 3 N–H and O–H groups in total. The van der Waals surface area contributed by atoms with Gasteiger partial charge in [-0.1, -0.05) is 37.6 Å². The molecule has 0 aliphatic carbocycles. The summed E-state index contributed by atoms with van der Waals surface area (Å²) in [6.07, 6.45) is 2.29. The van der Waals surface area contributed by atoms with E-state index in [1.54, 1.807) is 0 Å². The highest BCUT2D eigenvalue weighted by Gasteiger charge is 2.28. The van der Waals surface area contributed by atoms with Gasteiger partial charge in [0.2, 0.25) is 5.91 Å². The summed E-state index contributed by atoms with van der Waals surface area (Å²) in [5.41, 5.74) is 6.82. The minimum absolute atomic E-state index is 0. The summed E-state index contributed by atoms with van der Waals surface area (Å²) in [7, 11) is 0. The fourth-order valence-corrected chi connectivity index (χ4v) is 2.57. The first-order valence-corrected chi connectivity index (χ1v) is 7.59. The van der Waals surface area contributed by atoms with Crippen LogP contribution in [-0.4, -0.2) is 18.5 Å². The van der Waals surface area contributed by atoms with Crippen molar-refractivity contribution in [2.75, 3.05) is 6.54 Å². The van der Waals surface area contributed by atoms with Gasteiger partial charge in [-0.2, -0.15) is 0 Å². The lowest BCUT2D eigenvalue weighted by molar-refractivity contribution is -0.121. The highest BCUT2D eigenvalue weighted by molar-refractivity contribution is 6.30. The average molecular weight is 333 g/mol. The molecule has 0 radical (unpaired) electrons. The second kappa shape index (κ2) is 9.29. The first kappa shape index (κ1) is 20.2. The number of nitrogens with one attached hydrogen (secondary N) is 1. The zero-order valence-electron chi connectivity index (χ0n) is 13.0. The van der Waals surface area contributed by atoms with Crippen molar-refractivity contribution in [3.8, 4) is 0 Å². The number of nitrogens with two attached hydrogens (primary N) is 1. The summed E-state index contributed by atoms with van der Waals surface area (Å²) in [6.45, 7) is 6.77. The van der Waals surface area contributed by atoms with Crippen molar-refractivity contribution in [3.63, 3.8) is 0 Å². The Morgan fingerprint density at radius 2 is 1.81 bits per heavy atom. The topological polar surface area (TPSA) is 55.1 Å². The summed E-state index contributed by atoms with van der Waals surface area (Å²) in [4.78, 5) is 11.8. The van der Waals surface area contributed by atoms with Crippen LogP contribution in [0, 0.1) is 0 Å². The van der Waals surface area contributed by atoms with E-state index in [1.165, 1.54) is 5.56 Å². The molecule has 0 saturated heterocycles. The van der Waals surface area contributed by atoms with Gasteiger partial charge in [-0.25, -0.2) is 0 Å². The van der Waals surface area contributed by atoms with Crippen molar-refractivity contribution in [3.05, 3.63) is 34.9 Å². The van der Waals surface area contributed by atoms with Gasteiger partial charge in [0.15, 0.2) is 0 Å². The molecular formula is C16H26Cl2N2O. The molecule has 1 unspecified atom stereocenters. The molecule has 0 fully saturated rings. The zero-order valence-corrected chi connectivity index (χ0v) is 14.6. The Kier molecular flexibility index (Phi) is 8.95. The van der Waals surface area contributed by atoms with Crippen LogP contribution in [0.5, 0.6) is 0 Å². The number of hydrogen-bond acceptors (Lipinski definition) is 2. The molecule has 0 heterocycles. The van der Waals surface area contributed by atoms with Crippen molar-refractivity contribution < 1.29 is 4.79 Å². The third-order valence-electron chi connectivity index (χ3n) is 3.94. The van der Waals surface area contributed by atoms with Gasteiger partial charge in [0, 0.05) is 29.4 Å². The third kappa shape index (κ3) is 5.85. The lowest BCUT2D eigenvalue weighted by Gasteiger charge is -2.33. The molecule has 0 aliphatic rings. The molecule has 0 saturated carbocycles. The highest BCUT2D eigenvalue weighted by atomic mass is 35.5. The second-order valence-electron chi connectivity index (χ2n) is 5.45. The van der Waals surface area contributed by atoms with Gasteiger partial charge in [-0.05, 0) is 37.5 Å². The molecule has 0 aliphatic heterocycles. The van der Waals surface area contributed by atoms with Crippen LogP contribution >= 0.6 is 24.0 Å². The lowest BCUT2D eigenvalue weighted by Crippen LogP contribution is -2.41. The first-order valence-electron chi connectivity index (χ1n) is 7.22. The Labute approximate surface area is 139 Å². The molecular weight excluding hydrogens is 307 g/mol. The minimum atomic E-state index is -0.108. The number of benzene rings is 1. The second-order valence-corrected chi connectivity index (χ2v) is 5.89. The van der Waals surface area contributed by atoms with Gasteiger partial charge in [-0.15, -0.1) is 12.4 Å². The van der Waals surface area contributed by atoms with E-state index in [4.69, 9.17) is 17.3 Å². The van der Waals surface area contributed by atoms with Crippen molar-refractivity contribution in [1.82, 2.24) is 5.32 Å². The van der Waals surface area contributed by atoms with Crippen LogP contribution in [0.25, 0.3) is 0 Å². The summed E-state index contributed by atoms with van der Waals surface area (Å²) >= 11 is 5.95. The normalized spacial score (nSPS) is 12.4. The van der Waals surface area contributed by atoms with E-state index in [0.717, 1.165) is 17.9 Å². The minimum Gasteiger partial charge on any atom is -0.355 e. The van der Waals surface area contributed by atoms with E-state index in [-0.39, 0.29) is 29.8 Å². The summed E-state index contributed by atoms with van der Waals surface area (Å²) in [5, 5.41) is 3.75. The predicted octanol–water partition coefficient (Wildman–Crippen LogP) is 3.67. The fraction of sp³-hybridized carbons (Fsp3) is 0.562. The van der Waals surface area contributed by atoms with E-state index in [2.05, 4.69) is 19.2 Å². The molecule has 1 atom stereocenters. The van der Waals surface area contributed by atoms with Gasteiger partial charge in [0.05, 0.1) is 0 Å². The summed E-state index contributed by atoms with van der Waals surface area (Å²) in [5.74, 6) is 0.0141. The van der Waals surface area contributed by atoms with E-state index < -0.39 is 0 Å². The lowest BCUT2D eigenvalue weighted by atomic mass is 9.76. The molecule has 1 aromatic rings. The maximum Gasteiger partial charge on any atom is 0.221 e. The van der Waals surface area contributed by atoms with Gasteiger partial charge in [-0.3, -0.25) is 4.79 Å².